The molecule has 4 nitrogen and oxygen atoms in total. The van der Waals surface area contributed by atoms with Gasteiger partial charge in [-0.3, -0.25) is 0 Å². The van der Waals surface area contributed by atoms with E-state index in [1.165, 1.54) is 0 Å². The van der Waals surface area contributed by atoms with Crippen LogP contribution in [0.15, 0.2) is 29.4 Å². The maximum absolute atomic E-state index is 12.0. The summed E-state index contributed by atoms with van der Waals surface area (Å²) >= 11 is 5.86. The standard InChI is InChI=1S/C12H16ClNO3S/c1-3-11(18(16,17)4-2)12(14-15)9-6-5-7-10(13)8-9/h5-8,11,15H,3-4H2,1-2H3/b14-12+. The second-order valence-corrected chi connectivity index (χ2v) is 6.75. The summed E-state index contributed by atoms with van der Waals surface area (Å²) in [6, 6.07) is 6.63. The minimum atomic E-state index is -3.32. The average Bonchev–Trinajstić information content (AvgIpc) is 2.35. The van der Waals surface area contributed by atoms with E-state index in [0.717, 1.165) is 0 Å². The largest absolute Gasteiger partial charge is 0.411 e. The Labute approximate surface area is 112 Å². The number of rotatable bonds is 5. The van der Waals surface area contributed by atoms with Gasteiger partial charge in [-0.1, -0.05) is 42.7 Å². The minimum Gasteiger partial charge on any atom is -0.411 e. The van der Waals surface area contributed by atoms with E-state index < -0.39 is 15.1 Å². The number of nitrogens with zero attached hydrogens (tertiary/aromatic N) is 1. The van der Waals surface area contributed by atoms with Crippen LogP contribution in [-0.4, -0.2) is 30.3 Å². The Balaban J connectivity index is 3.26. The van der Waals surface area contributed by atoms with E-state index in [9.17, 15) is 8.42 Å². The molecule has 0 radical (unpaired) electrons. The van der Waals surface area contributed by atoms with Gasteiger partial charge in [-0.15, -0.1) is 0 Å². The smallest absolute Gasteiger partial charge is 0.158 e. The van der Waals surface area contributed by atoms with Crippen molar-refractivity contribution in [2.45, 2.75) is 25.5 Å². The summed E-state index contributed by atoms with van der Waals surface area (Å²) in [5.41, 5.74) is 0.663. The van der Waals surface area contributed by atoms with Crippen molar-refractivity contribution >= 4 is 27.1 Å². The summed E-state index contributed by atoms with van der Waals surface area (Å²) in [7, 11) is -3.32. The van der Waals surface area contributed by atoms with Gasteiger partial charge < -0.3 is 5.21 Å². The lowest BCUT2D eigenvalue weighted by Crippen LogP contribution is -2.31. The highest BCUT2D eigenvalue weighted by Gasteiger charge is 2.29. The van der Waals surface area contributed by atoms with Crippen molar-refractivity contribution in [1.29, 1.82) is 0 Å². The molecule has 0 fully saturated rings. The van der Waals surface area contributed by atoms with Gasteiger partial charge in [0.2, 0.25) is 0 Å². The summed E-state index contributed by atoms with van der Waals surface area (Å²) in [6.07, 6.45) is 0.349. The van der Waals surface area contributed by atoms with E-state index in [1.807, 2.05) is 0 Å². The van der Waals surface area contributed by atoms with E-state index in [1.54, 1.807) is 38.1 Å². The van der Waals surface area contributed by atoms with Gasteiger partial charge in [-0.25, -0.2) is 8.42 Å². The predicted octanol–water partition coefficient (Wildman–Crippen LogP) is 2.73. The summed E-state index contributed by atoms with van der Waals surface area (Å²) < 4.78 is 23.9. The van der Waals surface area contributed by atoms with E-state index in [0.29, 0.717) is 17.0 Å². The van der Waals surface area contributed by atoms with Crippen LogP contribution in [0, 0.1) is 0 Å². The maximum atomic E-state index is 12.0. The quantitative estimate of drug-likeness (QED) is 0.515. The lowest BCUT2D eigenvalue weighted by atomic mass is 10.1. The molecule has 1 rings (SSSR count). The second-order valence-electron chi connectivity index (χ2n) is 3.84. The summed E-state index contributed by atoms with van der Waals surface area (Å²) in [6.45, 7) is 3.32. The molecule has 0 aliphatic carbocycles. The maximum Gasteiger partial charge on any atom is 0.158 e. The third kappa shape index (κ3) is 3.23. The molecule has 0 spiro atoms. The van der Waals surface area contributed by atoms with Gasteiger partial charge in [0.15, 0.2) is 9.84 Å². The Kier molecular flexibility index (Phi) is 5.16. The monoisotopic (exact) mass is 289 g/mol. The zero-order valence-corrected chi connectivity index (χ0v) is 11.9. The van der Waals surface area contributed by atoms with Crippen molar-refractivity contribution in [1.82, 2.24) is 0 Å². The molecule has 0 aromatic heterocycles. The zero-order chi connectivity index (χ0) is 13.8. The first-order valence-electron chi connectivity index (χ1n) is 5.65. The Hall–Kier alpha value is -1.07. The molecule has 0 aliphatic heterocycles. The van der Waals surface area contributed by atoms with Crippen molar-refractivity contribution in [2.75, 3.05) is 5.75 Å². The van der Waals surface area contributed by atoms with Crippen molar-refractivity contribution in [3.63, 3.8) is 0 Å². The number of sulfone groups is 1. The molecule has 0 saturated carbocycles. The molecule has 0 aliphatic rings. The van der Waals surface area contributed by atoms with Crippen LogP contribution >= 0.6 is 11.6 Å². The van der Waals surface area contributed by atoms with Crippen LogP contribution in [0.25, 0.3) is 0 Å². The molecule has 6 heteroatoms. The number of halogens is 1. The van der Waals surface area contributed by atoms with E-state index in [-0.39, 0.29) is 11.5 Å². The van der Waals surface area contributed by atoms with Crippen molar-refractivity contribution in [3.8, 4) is 0 Å². The van der Waals surface area contributed by atoms with Crippen molar-refractivity contribution < 1.29 is 13.6 Å². The van der Waals surface area contributed by atoms with Crippen LogP contribution in [-0.2, 0) is 9.84 Å². The number of hydrogen-bond donors (Lipinski definition) is 1. The molecule has 0 bridgehead atoms. The number of benzene rings is 1. The third-order valence-electron chi connectivity index (χ3n) is 2.74. The SMILES string of the molecule is CCC(/C(=N/O)c1cccc(Cl)c1)S(=O)(=O)CC. The topological polar surface area (TPSA) is 66.7 Å². The molecular formula is C12H16ClNO3S. The van der Waals surface area contributed by atoms with Crippen molar-refractivity contribution in [3.05, 3.63) is 34.9 Å². The number of hydrogen-bond acceptors (Lipinski definition) is 4. The van der Waals surface area contributed by atoms with E-state index in [4.69, 9.17) is 16.8 Å². The molecule has 1 aromatic rings. The minimum absolute atomic E-state index is 0.00505. The average molecular weight is 290 g/mol. The highest BCUT2D eigenvalue weighted by molar-refractivity contribution is 7.92. The third-order valence-corrected chi connectivity index (χ3v) is 5.20. The van der Waals surface area contributed by atoms with Gasteiger partial charge in [0, 0.05) is 16.3 Å². The molecule has 1 unspecified atom stereocenters. The van der Waals surface area contributed by atoms with Crippen molar-refractivity contribution in [2.24, 2.45) is 5.16 Å². The predicted molar refractivity (Wildman–Crippen MR) is 73.3 cm³/mol. The molecule has 100 valence electrons. The fourth-order valence-corrected chi connectivity index (χ4v) is 3.40. The Morgan fingerprint density at radius 2 is 2.11 bits per heavy atom. The first-order valence-corrected chi connectivity index (χ1v) is 7.75. The lowest BCUT2D eigenvalue weighted by Gasteiger charge is -2.16. The lowest BCUT2D eigenvalue weighted by molar-refractivity contribution is 0.318. The van der Waals surface area contributed by atoms with Crippen LogP contribution in [0.1, 0.15) is 25.8 Å². The molecule has 1 N–H and O–H groups in total. The van der Waals surface area contributed by atoms with Crippen LogP contribution in [0.4, 0.5) is 0 Å². The highest BCUT2D eigenvalue weighted by atomic mass is 35.5. The Morgan fingerprint density at radius 3 is 2.56 bits per heavy atom. The van der Waals surface area contributed by atoms with Crippen LogP contribution < -0.4 is 0 Å². The van der Waals surface area contributed by atoms with Crippen LogP contribution in [0.3, 0.4) is 0 Å². The summed E-state index contributed by atoms with van der Waals surface area (Å²) in [5, 5.41) is 11.9. The molecule has 0 heterocycles. The molecule has 0 amide bonds. The van der Waals surface area contributed by atoms with Gasteiger partial charge in [0.25, 0.3) is 0 Å². The van der Waals surface area contributed by atoms with Gasteiger partial charge in [0.1, 0.15) is 11.0 Å². The summed E-state index contributed by atoms with van der Waals surface area (Å²) in [4.78, 5) is 0. The molecule has 1 aromatic carbocycles. The Morgan fingerprint density at radius 1 is 1.44 bits per heavy atom. The first kappa shape index (κ1) is 15.0. The number of oxime groups is 1. The fourth-order valence-electron chi connectivity index (χ4n) is 1.77. The molecule has 18 heavy (non-hydrogen) atoms. The molecule has 1 atom stereocenters. The Bertz CT molecular complexity index is 540. The van der Waals surface area contributed by atoms with Crippen LogP contribution in [0.2, 0.25) is 5.02 Å². The molecular weight excluding hydrogens is 274 g/mol. The van der Waals surface area contributed by atoms with Gasteiger partial charge in [-0.05, 0) is 18.6 Å². The van der Waals surface area contributed by atoms with E-state index >= 15 is 0 Å². The van der Waals surface area contributed by atoms with Gasteiger partial charge >= 0.3 is 0 Å². The van der Waals surface area contributed by atoms with Gasteiger partial charge in [0.05, 0.1) is 0 Å². The summed E-state index contributed by atoms with van der Waals surface area (Å²) in [5.74, 6) is 0.00505. The highest BCUT2D eigenvalue weighted by Crippen LogP contribution is 2.18. The second kappa shape index (κ2) is 6.20. The normalized spacial score (nSPS) is 14.5. The fraction of sp³-hybridized carbons (Fsp3) is 0.417. The van der Waals surface area contributed by atoms with Gasteiger partial charge in [-0.2, -0.15) is 0 Å². The molecule has 0 saturated heterocycles. The zero-order valence-electron chi connectivity index (χ0n) is 10.3. The first-order chi connectivity index (χ1) is 8.46. The van der Waals surface area contributed by atoms with Crippen LogP contribution in [0.5, 0.6) is 0 Å². The van der Waals surface area contributed by atoms with E-state index in [2.05, 4.69) is 5.16 Å².